The zero-order valence-electron chi connectivity index (χ0n) is 19.3. The van der Waals surface area contributed by atoms with Crippen molar-refractivity contribution < 1.29 is 9.26 Å². The highest BCUT2D eigenvalue weighted by Crippen LogP contribution is 2.36. The second kappa shape index (κ2) is 10.8. The van der Waals surface area contributed by atoms with E-state index in [0.29, 0.717) is 17.8 Å². The number of rotatable bonds is 9. The van der Waals surface area contributed by atoms with E-state index in [-0.39, 0.29) is 0 Å². The molecule has 1 aromatic carbocycles. The topological polar surface area (TPSA) is 91.8 Å². The summed E-state index contributed by atoms with van der Waals surface area (Å²) in [6.45, 7) is 0. The molecule has 34 heavy (non-hydrogen) atoms. The van der Waals surface area contributed by atoms with E-state index in [4.69, 9.17) is 9.26 Å². The summed E-state index contributed by atoms with van der Waals surface area (Å²) in [5.74, 6) is 3.94. The molecule has 9 heteroatoms. The molecule has 5 rings (SSSR count). The fourth-order valence-electron chi connectivity index (χ4n) is 4.34. The Labute approximate surface area is 203 Å². The SMILES string of the molecule is COc1ccc(-c2nnc(SCCCc3nc(-c4ccncc4)no3)n2C2CCCCC2)cc1. The van der Waals surface area contributed by atoms with E-state index >= 15 is 0 Å². The minimum absolute atomic E-state index is 0.446. The Morgan fingerprint density at radius 3 is 2.56 bits per heavy atom. The molecule has 1 aliphatic carbocycles. The van der Waals surface area contributed by atoms with E-state index in [1.54, 1.807) is 31.3 Å². The smallest absolute Gasteiger partial charge is 0.226 e. The number of methoxy groups -OCH3 is 1. The molecule has 3 heterocycles. The van der Waals surface area contributed by atoms with Crippen LogP contribution in [0.3, 0.4) is 0 Å². The molecule has 1 fully saturated rings. The van der Waals surface area contributed by atoms with Gasteiger partial charge in [0.25, 0.3) is 0 Å². The van der Waals surface area contributed by atoms with Gasteiger partial charge in [-0.1, -0.05) is 36.2 Å². The first-order valence-corrected chi connectivity index (χ1v) is 12.8. The molecule has 4 aromatic rings. The number of hydrogen-bond acceptors (Lipinski definition) is 8. The first-order chi connectivity index (χ1) is 16.8. The molecule has 176 valence electrons. The zero-order chi connectivity index (χ0) is 23.2. The van der Waals surface area contributed by atoms with E-state index in [1.807, 2.05) is 24.3 Å². The third kappa shape index (κ3) is 5.14. The Morgan fingerprint density at radius 1 is 1.00 bits per heavy atom. The summed E-state index contributed by atoms with van der Waals surface area (Å²) in [4.78, 5) is 8.54. The van der Waals surface area contributed by atoms with Gasteiger partial charge in [-0.15, -0.1) is 10.2 Å². The zero-order valence-corrected chi connectivity index (χ0v) is 20.1. The molecular weight excluding hydrogens is 448 g/mol. The number of pyridine rings is 1. The van der Waals surface area contributed by atoms with Crippen molar-refractivity contribution in [2.75, 3.05) is 12.9 Å². The Hall–Kier alpha value is -3.20. The summed E-state index contributed by atoms with van der Waals surface area (Å²) in [5, 5.41) is 14.3. The number of nitrogens with zero attached hydrogens (tertiary/aromatic N) is 6. The van der Waals surface area contributed by atoms with Gasteiger partial charge in [0, 0.05) is 41.7 Å². The minimum Gasteiger partial charge on any atom is -0.497 e. The summed E-state index contributed by atoms with van der Waals surface area (Å²) < 4.78 is 13.1. The van der Waals surface area contributed by atoms with Crippen molar-refractivity contribution in [1.29, 1.82) is 0 Å². The molecule has 8 nitrogen and oxygen atoms in total. The Kier molecular flexibility index (Phi) is 7.19. The van der Waals surface area contributed by atoms with Gasteiger partial charge in [-0.05, 0) is 55.7 Å². The monoisotopic (exact) mass is 476 g/mol. The van der Waals surface area contributed by atoms with Crippen molar-refractivity contribution in [2.24, 2.45) is 0 Å². The summed E-state index contributed by atoms with van der Waals surface area (Å²) in [5.41, 5.74) is 1.98. The minimum atomic E-state index is 0.446. The van der Waals surface area contributed by atoms with Crippen LogP contribution in [0.2, 0.25) is 0 Å². The average Bonchev–Trinajstić information content (AvgIpc) is 3.55. The lowest BCUT2D eigenvalue weighted by Gasteiger charge is -2.25. The maximum absolute atomic E-state index is 5.44. The second-order valence-corrected chi connectivity index (χ2v) is 9.46. The first-order valence-electron chi connectivity index (χ1n) is 11.8. The largest absolute Gasteiger partial charge is 0.497 e. The molecule has 0 N–H and O–H groups in total. The fraction of sp³-hybridized carbons (Fsp3) is 0.400. The number of hydrogen-bond donors (Lipinski definition) is 0. The molecule has 0 amide bonds. The lowest BCUT2D eigenvalue weighted by atomic mass is 9.95. The molecule has 0 aliphatic heterocycles. The van der Waals surface area contributed by atoms with Crippen LogP contribution in [0.25, 0.3) is 22.8 Å². The van der Waals surface area contributed by atoms with E-state index in [9.17, 15) is 0 Å². The number of aryl methyl sites for hydroxylation is 1. The van der Waals surface area contributed by atoms with Crippen LogP contribution in [-0.4, -0.2) is 42.8 Å². The molecule has 0 atom stereocenters. The quantitative estimate of drug-likeness (QED) is 0.227. The van der Waals surface area contributed by atoms with Gasteiger partial charge in [0.2, 0.25) is 11.7 Å². The third-order valence-corrected chi connectivity index (χ3v) is 7.15. The van der Waals surface area contributed by atoms with Gasteiger partial charge >= 0.3 is 0 Å². The summed E-state index contributed by atoms with van der Waals surface area (Å²) in [6, 6.07) is 12.3. The Morgan fingerprint density at radius 2 is 1.79 bits per heavy atom. The average molecular weight is 477 g/mol. The molecule has 1 aliphatic rings. The van der Waals surface area contributed by atoms with Gasteiger partial charge in [-0.25, -0.2) is 0 Å². The molecule has 0 saturated heterocycles. The molecular formula is C25H28N6O2S. The van der Waals surface area contributed by atoms with Gasteiger partial charge < -0.3 is 9.26 Å². The van der Waals surface area contributed by atoms with Crippen molar-refractivity contribution in [3.8, 4) is 28.5 Å². The van der Waals surface area contributed by atoms with E-state index in [1.165, 1.54) is 32.1 Å². The lowest BCUT2D eigenvalue weighted by molar-refractivity contribution is 0.339. The number of thioether (sulfide) groups is 1. The van der Waals surface area contributed by atoms with E-state index in [2.05, 4.69) is 42.0 Å². The molecule has 0 unspecified atom stereocenters. The van der Waals surface area contributed by atoms with Crippen molar-refractivity contribution >= 4 is 11.8 Å². The van der Waals surface area contributed by atoms with Crippen LogP contribution in [0.5, 0.6) is 5.75 Å². The van der Waals surface area contributed by atoms with Gasteiger partial charge in [-0.3, -0.25) is 9.55 Å². The van der Waals surface area contributed by atoms with Crippen LogP contribution in [0.1, 0.15) is 50.5 Å². The number of benzene rings is 1. The second-order valence-electron chi connectivity index (χ2n) is 8.40. The Balaban J connectivity index is 1.26. The van der Waals surface area contributed by atoms with Gasteiger partial charge in [0.05, 0.1) is 7.11 Å². The Bertz CT molecular complexity index is 1190. The van der Waals surface area contributed by atoms with Crippen molar-refractivity contribution in [1.82, 2.24) is 29.9 Å². The van der Waals surface area contributed by atoms with Gasteiger partial charge in [-0.2, -0.15) is 4.98 Å². The molecule has 0 spiro atoms. The summed E-state index contributed by atoms with van der Waals surface area (Å²) >= 11 is 1.75. The summed E-state index contributed by atoms with van der Waals surface area (Å²) in [7, 11) is 1.68. The summed E-state index contributed by atoms with van der Waals surface area (Å²) in [6.07, 6.45) is 11.3. The first kappa shape index (κ1) is 22.6. The van der Waals surface area contributed by atoms with Crippen LogP contribution in [-0.2, 0) is 6.42 Å². The highest BCUT2D eigenvalue weighted by atomic mass is 32.2. The van der Waals surface area contributed by atoms with Gasteiger partial charge in [0.1, 0.15) is 5.75 Å². The maximum Gasteiger partial charge on any atom is 0.226 e. The van der Waals surface area contributed by atoms with Crippen LogP contribution in [0.4, 0.5) is 0 Å². The highest BCUT2D eigenvalue weighted by molar-refractivity contribution is 7.99. The van der Waals surface area contributed by atoms with Crippen LogP contribution in [0.15, 0.2) is 58.5 Å². The van der Waals surface area contributed by atoms with E-state index < -0.39 is 0 Å². The fourth-order valence-corrected chi connectivity index (χ4v) is 5.29. The van der Waals surface area contributed by atoms with Gasteiger partial charge in [0.15, 0.2) is 11.0 Å². The normalized spacial score (nSPS) is 14.4. The third-order valence-electron chi connectivity index (χ3n) is 6.13. The lowest BCUT2D eigenvalue weighted by Crippen LogP contribution is -2.15. The predicted molar refractivity (Wildman–Crippen MR) is 131 cm³/mol. The number of aromatic nitrogens is 6. The molecule has 0 radical (unpaired) electrons. The molecule has 0 bridgehead atoms. The van der Waals surface area contributed by atoms with Crippen LogP contribution in [0, 0.1) is 0 Å². The maximum atomic E-state index is 5.44. The number of ether oxygens (including phenoxy) is 1. The van der Waals surface area contributed by atoms with Crippen molar-refractivity contribution in [3.63, 3.8) is 0 Å². The van der Waals surface area contributed by atoms with Crippen LogP contribution < -0.4 is 4.74 Å². The van der Waals surface area contributed by atoms with Crippen LogP contribution >= 0.6 is 11.8 Å². The van der Waals surface area contributed by atoms with Crippen molar-refractivity contribution in [3.05, 3.63) is 54.7 Å². The molecule has 1 saturated carbocycles. The highest BCUT2D eigenvalue weighted by Gasteiger charge is 2.24. The van der Waals surface area contributed by atoms with E-state index in [0.717, 1.165) is 46.5 Å². The predicted octanol–water partition coefficient (Wildman–Crippen LogP) is 5.63. The molecule has 3 aromatic heterocycles. The standard InChI is InChI=1S/C25H28N6O2S/c1-32-21-11-9-19(10-12-21)24-28-29-25(31(24)20-6-3-2-4-7-20)34-17-5-8-22-27-23(30-33-22)18-13-15-26-16-14-18/h9-16,20H,2-8,17H2,1H3. The van der Waals surface area contributed by atoms with Crippen molar-refractivity contribution in [2.45, 2.75) is 56.1 Å².